The maximum absolute atomic E-state index is 13.6. The van der Waals surface area contributed by atoms with Gasteiger partial charge in [0, 0.05) is 49.7 Å². The molecule has 1 unspecified atom stereocenters. The number of nitrogens with one attached hydrogen (secondary N) is 2. The second kappa shape index (κ2) is 12.9. The summed E-state index contributed by atoms with van der Waals surface area (Å²) in [5.74, 6) is 0.251. The van der Waals surface area contributed by atoms with Gasteiger partial charge in [-0.25, -0.2) is 4.98 Å². The Hall–Kier alpha value is -4.69. The molecule has 2 aliphatic rings. The number of hydrogen-bond acceptors (Lipinski definition) is 9. The summed E-state index contributed by atoms with van der Waals surface area (Å²) in [6, 6.07) is 14.4. The number of fused-ring (bicyclic) bond motifs is 1. The van der Waals surface area contributed by atoms with Gasteiger partial charge < -0.3 is 30.4 Å². The van der Waals surface area contributed by atoms with Gasteiger partial charge in [-0.1, -0.05) is 37.3 Å². The molecule has 5 rings (SSSR count). The fraction of sp³-hybridized carbons (Fsp3) is 0.387. The number of piperidine rings is 1. The van der Waals surface area contributed by atoms with E-state index in [4.69, 9.17) is 4.98 Å². The minimum absolute atomic E-state index is 0.0433. The highest BCUT2D eigenvalue weighted by molar-refractivity contribution is 6.09. The smallest absolute Gasteiger partial charge is 0.274 e. The van der Waals surface area contributed by atoms with Crippen LogP contribution in [-0.2, 0) is 4.79 Å². The van der Waals surface area contributed by atoms with Crippen molar-refractivity contribution in [1.29, 1.82) is 5.26 Å². The van der Waals surface area contributed by atoms with Crippen LogP contribution in [0.15, 0.2) is 55.1 Å². The molecule has 1 aromatic heterocycles. The lowest BCUT2D eigenvalue weighted by atomic mass is 10.0. The van der Waals surface area contributed by atoms with Gasteiger partial charge in [-0.05, 0) is 44.0 Å². The van der Waals surface area contributed by atoms with E-state index in [1.54, 1.807) is 17.0 Å². The molecular weight excluding hydrogens is 532 g/mol. The number of anilines is 3. The molecule has 3 N–H and O–H groups in total. The fourth-order valence-corrected chi connectivity index (χ4v) is 5.74. The van der Waals surface area contributed by atoms with Crippen LogP contribution >= 0.6 is 0 Å². The summed E-state index contributed by atoms with van der Waals surface area (Å²) in [5, 5.41) is 27.5. The third kappa shape index (κ3) is 6.44. The molecule has 11 heteroatoms. The van der Waals surface area contributed by atoms with Crippen LogP contribution in [0.25, 0.3) is 10.8 Å². The van der Waals surface area contributed by atoms with E-state index in [9.17, 15) is 20.0 Å². The highest BCUT2D eigenvalue weighted by Crippen LogP contribution is 2.29. The molecule has 0 saturated carbocycles. The molecule has 42 heavy (non-hydrogen) atoms. The number of phenolic OH excluding ortho intramolecular Hbond substituents is 1. The first-order valence-corrected chi connectivity index (χ1v) is 14.3. The average Bonchev–Trinajstić information content (AvgIpc) is 3.00. The van der Waals surface area contributed by atoms with Crippen LogP contribution in [0.2, 0.25) is 0 Å². The summed E-state index contributed by atoms with van der Waals surface area (Å²) in [6.45, 7) is 6.52. The molecule has 3 aromatic rings. The number of piperazine rings is 1. The third-order valence-electron chi connectivity index (χ3n) is 8.05. The number of hydrogen-bond donors (Lipinski definition) is 3. The van der Waals surface area contributed by atoms with E-state index < -0.39 is 5.91 Å². The molecule has 2 fully saturated rings. The molecule has 0 radical (unpaired) electrons. The van der Waals surface area contributed by atoms with Crippen molar-refractivity contribution in [2.24, 2.45) is 0 Å². The number of carbonyl (C=O) groups excluding carboxylic acids is 2. The number of benzene rings is 2. The fourth-order valence-electron chi connectivity index (χ4n) is 5.74. The predicted molar refractivity (Wildman–Crippen MR) is 162 cm³/mol. The maximum atomic E-state index is 13.6. The number of nitriles is 1. The first kappa shape index (κ1) is 28.8. The van der Waals surface area contributed by atoms with Crippen molar-refractivity contribution in [1.82, 2.24) is 19.8 Å². The number of phenols is 1. The number of carbonyl (C=O) groups is 2. The Morgan fingerprint density at radius 2 is 1.98 bits per heavy atom. The van der Waals surface area contributed by atoms with Crippen molar-refractivity contribution in [3.05, 3.63) is 60.8 Å². The van der Waals surface area contributed by atoms with Crippen LogP contribution in [-0.4, -0.2) is 88.5 Å². The van der Waals surface area contributed by atoms with Crippen LogP contribution < -0.4 is 15.5 Å². The number of nitrogens with zero attached hydrogens (tertiary/aromatic N) is 6. The quantitative estimate of drug-likeness (QED) is 0.348. The van der Waals surface area contributed by atoms with Crippen LogP contribution in [0.5, 0.6) is 5.75 Å². The van der Waals surface area contributed by atoms with Crippen molar-refractivity contribution in [2.45, 2.75) is 37.8 Å². The van der Waals surface area contributed by atoms with Crippen molar-refractivity contribution >= 4 is 40.0 Å². The van der Waals surface area contributed by atoms with Crippen molar-refractivity contribution in [2.75, 3.05) is 55.3 Å². The lowest BCUT2D eigenvalue weighted by Crippen LogP contribution is -2.55. The summed E-state index contributed by atoms with van der Waals surface area (Å²) >= 11 is 0. The van der Waals surface area contributed by atoms with Gasteiger partial charge in [0.1, 0.15) is 17.3 Å². The molecule has 11 nitrogen and oxygen atoms in total. The minimum atomic E-state index is -0.443. The number of aromatic hydroxyl groups is 1. The molecule has 0 bridgehead atoms. The van der Waals surface area contributed by atoms with Gasteiger partial charge in [-0.3, -0.25) is 9.59 Å². The van der Waals surface area contributed by atoms with E-state index >= 15 is 0 Å². The average molecular weight is 569 g/mol. The third-order valence-corrected chi connectivity index (χ3v) is 8.05. The van der Waals surface area contributed by atoms with Gasteiger partial charge in [-0.2, -0.15) is 10.2 Å². The lowest BCUT2D eigenvalue weighted by molar-refractivity contribution is -0.128. The summed E-state index contributed by atoms with van der Waals surface area (Å²) in [7, 11) is 2.11. The van der Waals surface area contributed by atoms with Gasteiger partial charge in [0.15, 0.2) is 0 Å². The van der Waals surface area contributed by atoms with Crippen molar-refractivity contribution in [3.8, 4) is 11.8 Å². The van der Waals surface area contributed by atoms with Crippen LogP contribution in [0, 0.1) is 11.3 Å². The molecule has 218 valence electrons. The SMILES string of the molecule is C=CC(=O)N1CCN(c2cc(C(=O)Nc3cc(O)cc4ccccc34)nc(NCC3CCCCN3C)n2)C[C@@H]1CC#N. The van der Waals surface area contributed by atoms with E-state index in [1.165, 1.54) is 18.6 Å². The number of rotatable bonds is 8. The van der Waals surface area contributed by atoms with Gasteiger partial charge in [0.2, 0.25) is 11.9 Å². The molecule has 2 amide bonds. The normalized spacial score (nSPS) is 19.2. The molecule has 0 spiro atoms. The Morgan fingerprint density at radius 3 is 2.76 bits per heavy atom. The minimum Gasteiger partial charge on any atom is -0.508 e. The Balaban J connectivity index is 1.44. The zero-order valence-corrected chi connectivity index (χ0v) is 23.8. The molecule has 0 aliphatic carbocycles. The van der Waals surface area contributed by atoms with Crippen LogP contribution in [0.1, 0.15) is 36.2 Å². The Bertz CT molecular complexity index is 1520. The number of aromatic nitrogens is 2. The lowest BCUT2D eigenvalue weighted by Gasteiger charge is -2.40. The first-order valence-electron chi connectivity index (χ1n) is 14.3. The Morgan fingerprint density at radius 1 is 1.14 bits per heavy atom. The molecule has 2 aromatic carbocycles. The highest BCUT2D eigenvalue weighted by atomic mass is 16.3. The highest BCUT2D eigenvalue weighted by Gasteiger charge is 2.31. The molecule has 3 heterocycles. The summed E-state index contributed by atoms with van der Waals surface area (Å²) in [5.41, 5.74) is 0.632. The van der Waals surface area contributed by atoms with Crippen molar-refractivity contribution in [3.63, 3.8) is 0 Å². The zero-order chi connectivity index (χ0) is 29.6. The second-order valence-corrected chi connectivity index (χ2v) is 10.8. The molecular formula is C31H36N8O3. The van der Waals surface area contributed by atoms with Crippen molar-refractivity contribution < 1.29 is 14.7 Å². The van der Waals surface area contributed by atoms with Gasteiger partial charge >= 0.3 is 0 Å². The second-order valence-electron chi connectivity index (χ2n) is 10.8. The first-order chi connectivity index (χ1) is 20.4. The van der Waals surface area contributed by atoms with Crippen LogP contribution in [0.4, 0.5) is 17.5 Å². The van der Waals surface area contributed by atoms with Gasteiger partial charge in [0.05, 0.1) is 24.2 Å². The summed E-state index contributed by atoms with van der Waals surface area (Å²) in [6.07, 6.45) is 4.84. The Labute approximate surface area is 245 Å². The summed E-state index contributed by atoms with van der Waals surface area (Å²) in [4.78, 5) is 41.3. The molecule has 2 atom stereocenters. The van der Waals surface area contributed by atoms with E-state index in [2.05, 4.69) is 40.2 Å². The maximum Gasteiger partial charge on any atom is 0.274 e. The largest absolute Gasteiger partial charge is 0.508 e. The number of likely N-dealkylation sites (N-methyl/N-ethyl adjacent to an activating group) is 1. The number of amides is 2. The van der Waals surface area contributed by atoms with Crippen LogP contribution in [0.3, 0.4) is 0 Å². The monoisotopic (exact) mass is 568 g/mol. The van der Waals surface area contributed by atoms with E-state index in [1.807, 2.05) is 29.2 Å². The molecule has 2 saturated heterocycles. The van der Waals surface area contributed by atoms with Gasteiger partial charge in [0.25, 0.3) is 5.91 Å². The molecule has 2 aliphatic heterocycles. The Kier molecular flexibility index (Phi) is 8.83. The van der Waals surface area contributed by atoms with E-state index in [0.29, 0.717) is 49.7 Å². The van der Waals surface area contributed by atoms with E-state index in [-0.39, 0.29) is 29.8 Å². The number of likely N-dealkylation sites (tertiary alicyclic amines) is 1. The van der Waals surface area contributed by atoms with E-state index in [0.717, 1.165) is 30.2 Å². The zero-order valence-electron chi connectivity index (χ0n) is 23.8. The summed E-state index contributed by atoms with van der Waals surface area (Å²) < 4.78 is 0. The predicted octanol–water partition coefficient (Wildman–Crippen LogP) is 3.60. The standard InChI is InChI=1S/C31H36N8O3/c1-3-29(41)39-15-14-38(20-23(39)11-12-32)28-18-27(35-31(36-28)33-19-22-9-6-7-13-37(22)2)30(42)34-26-17-24(40)16-21-8-4-5-10-25(21)26/h3-5,8,10,16-18,22-23,40H,1,6-7,9,11,13-15,19-20H2,2H3,(H,34,42)(H,33,35,36)/t22?,23-/m0/s1. The van der Waals surface area contributed by atoms with Gasteiger partial charge in [-0.15, -0.1) is 0 Å². The topological polar surface area (TPSA) is 138 Å².